The molecule has 0 amide bonds. The van der Waals surface area contributed by atoms with Gasteiger partial charge in [0.15, 0.2) is 11.3 Å². The molecule has 8 nitrogen and oxygen atoms in total. The molecule has 0 spiro atoms. The number of unbranched alkanes of at least 4 members (excludes halogenated alkanes) is 6. The van der Waals surface area contributed by atoms with Crippen LogP contribution in [0, 0.1) is 13.8 Å². The average Bonchev–Trinajstić information content (AvgIpc) is 3.28. The lowest BCUT2D eigenvalue weighted by atomic mass is 10.1. The lowest BCUT2D eigenvalue weighted by molar-refractivity contribution is 0.443. The van der Waals surface area contributed by atoms with Gasteiger partial charge in [-0.25, -0.2) is 19.9 Å². The van der Waals surface area contributed by atoms with Gasteiger partial charge in [0.05, 0.1) is 11.4 Å². The first-order valence-corrected chi connectivity index (χ1v) is 12.6. The molecular weight excluding hydrogens is 428 g/mol. The lowest BCUT2D eigenvalue weighted by Crippen LogP contribution is -2.05. The third-order valence-corrected chi connectivity index (χ3v) is 6.40. The number of imidazole rings is 2. The summed E-state index contributed by atoms with van der Waals surface area (Å²) in [7, 11) is 0. The Hall–Kier alpha value is -3.16. The summed E-state index contributed by atoms with van der Waals surface area (Å²) in [5.41, 5.74) is 5.11. The second kappa shape index (κ2) is 10.4. The summed E-state index contributed by atoms with van der Waals surface area (Å²) >= 11 is 0. The Kier molecular flexibility index (Phi) is 7.34. The minimum atomic E-state index is 0.113. The second-order valence-electron chi connectivity index (χ2n) is 9.21. The van der Waals surface area contributed by atoms with E-state index in [1.807, 2.05) is 12.4 Å². The van der Waals surface area contributed by atoms with Crippen LogP contribution in [0.4, 0.5) is 0 Å². The van der Waals surface area contributed by atoms with Crippen molar-refractivity contribution in [3.63, 3.8) is 0 Å². The molecule has 34 heavy (non-hydrogen) atoms. The highest BCUT2D eigenvalue weighted by molar-refractivity contribution is 5.82. The maximum absolute atomic E-state index is 10.7. The molecule has 0 aliphatic rings. The van der Waals surface area contributed by atoms with Gasteiger partial charge in [0.25, 0.3) is 0 Å². The molecule has 4 aromatic heterocycles. The summed E-state index contributed by atoms with van der Waals surface area (Å²) in [5.74, 6) is 0.227. The Morgan fingerprint density at radius 1 is 0.618 bits per heavy atom. The molecule has 4 heterocycles. The first-order valence-electron chi connectivity index (χ1n) is 12.6. The van der Waals surface area contributed by atoms with Crippen molar-refractivity contribution in [3.05, 3.63) is 35.2 Å². The van der Waals surface area contributed by atoms with E-state index in [1.165, 1.54) is 25.7 Å². The van der Waals surface area contributed by atoms with Crippen molar-refractivity contribution in [1.82, 2.24) is 28.7 Å². The van der Waals surface area contributed by atoms with Crippen molar-refractivity contribution in [1.29, 1.82) is 0 Å². The zero-order valence-electron chi connectivity index (χ0n) is 20.8. The van der Waals surface area contributed by atoms with E-state index in [0.29, 0.717) is 34.1 Å². The third-order valence-electron chi connectivity index (χ3n) is 6.40. The van der Waals surface area contributed by atoms with E-state index in [9.17, 15) is 10.2 Å². The normalized spacial score (nSPS) is 11.8. The van der Waals surface area contributed by atoms with Crippen molar-refractivity contribution in [2.45, 2.75) is 91.9 Å². The Balaban J connectivity index is 1.86. The van der Waals surface area contributed by atoms with E-state index in [2.05, 4.69) is 23.8 Å². The summed E-state index contributed by atoms with van der Waals surface area (Å²) < 4.78 is 3.41. The molecule has 0 unspecified atom stereocenters. The fourth-order valence-electron chi connectivity index (χ4n) is 4.42. The summed E-state index contributed by atoms with van der Waals surface area (Å²) in [6, 6.07) is 0. The van der Waals surface area contributed by atoms with E-state index < -0.39 is 0 Å². The third kappa shape index (κ3) is 4.72. The van der Waals surface area contributed by atoms with Crippen molar-refractivity contribution in [3.8, 4) is 23.1 Å². The highest BCUT2D eigenvalue weighted by atomic mass is 16.3. The van der Waals surface area contributed by atoms with Crippen LogP contribution in [0.3, 0.4) is 0 Å². The summed E-state index contributed by atoms with van der Waals surface area (Å²) in [6.45, 7) is 7.96. The zero-order valence-corrected chi connectivity index (χ0v) is 20.8. The van der Waals surface area contributed by atoms with Gasteiger partial charge in [0, 0.05) is 12.4 Å². The van der Waals surface area contributed by atoms with Crippen LogP contribution in [0.5, 0.6) is 11.8 Å². The monoisotopic (exact) mass is 464 g/mol. The molecule has 0 radical (unpaired) electrons. The molecule has 0 aromatic carbocycles. The number of fused-ring (bicyclic) bond motifs is 2. The number of hydrogen-bond donors (Lipinski definition) is 2. The van der Waals surface area contributed by atoms with Crippen LogP contribution in [0.25, 0.3) is 22.7 Å². The van der Waals surface area contributed by atoms with Gasteiger partial charge < -0.3 is 10.2 Å². The number of aromatic hydroxyl groups is 2. The highest BCUT2D eigenvalue weighted by Crippen LogP contribution is 2.32. The molecule has 2 N–H and O–H groups in total. The van der Waals surface area contributed by atoms with Crippen LogP contribution < -0.4 is 0 Å². The van der Waals surface area contributed by atoms with Crippen LogP contribution in [0.2, 0.25) is 0 Å². The molecule has 182 valence electrons. The Labute approximate surface area is 200 Å². The SMILES string of the molecule is CCCCCCc1cn2c(O)c(C)nc2c(-c2nc(CCCCCC)cn3c(O)c(C)nc23)n1. The largest absolute Gasteiger partial charge is 0.493 e. The molecule has 0 atom stereocenters. The Bertz CT molecular complexity index is 1190. The zero-order chi connectivity index (χ0) is 24.2. The van der Waals surface area contributed by atoms with Crippen LogP contribution >= 0.6 is 0 Å². The fraction of sp³-hybridized carbons (Fsp3) is 0.538. The standard InChI is InChI=1S/C26H36N6O2/c1-5-7-9-11-13-19-15-31-23(27-17(3)25(31)33)21(29-19)22-24-28-18(4)26(34)32(24)16-20(30-22)14-12-10-8-6-2/h15-16,33-34H,5-14H2,1-4H3. The van der Waals surface area contributed by atoms with Crippen molar-refractivity contribution in [2.75, 3.05) is 0 Å². The molecular formula is C26H36N6O2. The molecule has 0 aliphatic carbocycles. The minimum absolute atomic E-state index is 0.113. The fourth-order valence-corrected chi connectivity index (χ4v) is 4.42. The smallest absolute Gasteiger partial charge is 0.219 e. The van der Waals surface area contributed by atoms with Crippen molar-refractivity contribution < 1.29 is 10.2 Å². The van der Waals surface area contributed by atoms with Gasteiger partial charge in [-0.2, -0.15) is 0 Å². The number of aromatic nitrogens is 6. The van der Waals surface area contributed by atoms with Gasteiger partial charge in [-0.1, -0.05) is 52.4 Å². The Morgan fingerprint density at radius 3 is 1.41 bits per heavy atom. The predicted octanol–water partition coefficient (Wildman–Crippen LogP) is 5.71. The highest BCUT2D eigenvalue weighted by Gasteiger charge is 2.22. The molecule has 0 saturated heterocycles. The average molecular weight is 465 g/mol. The topological polar surface area (TPSA) is 101 Å². The van der Waals surface area contributed by atoms with Crippen LogP contribution in [-0.2, 0) is 12.8 Å². The molecule has 0 fully saturated rings. The molecule has 0 aliphatic heterocycles. The lowest BCUT2D eigenvalue weighted by Gasteiger charge is -2.11. The van der Waals surface area contributed by atoms with Crippen LogP contribution in [0.1, 0.15) is 88.0 Å². The maximum atomic E-state index is 10.7. The van der Waals surface area contributed by atoms with E-state index in [1.54, 1.807) is 22.6 Å². The summed E-state index contributed by atoms with van der Waals surface area (Å²) in [4.78, 5) is 19.1. The van der Waals surface area contributed by atoms with Gasteiger partial charge in [0.2, 0.25) is 11.8 Å². The maximum Gasteiger partial charge on any atom is 0.219 e. The van der Waals surface area contributed by atoms with Gasteiger partial charge in [-0.05, 0) is 39.5 Å². The first-order chi connectivity index (χ1) is 16.4. The van der Waals surface area contributed by atoms with Gasteiger partial charge in [-0.3, -0.25) is 8.80 Å². The molecule has 8 heteroatoms. The molecule has 4 rings (SSSR count). The van der Waals surface area contributed by atoms with E-state index >= 15 is 0 Å². The molecule has 0 saturated carbocycles. The Morgan fingerprint density at radius 2 is 1.03 bits per heavy atom. The number of nitrogens with zero attached hydrogens (tertiary/aromatic N) is 6. The first kappa shape index (κ1) is 24.0. The quantitative estimate of drug-likeness (QED) is 0.276. The number of rotatable bonds is 11. The van der Waals surface area contributed by atoms with Crippen LogP contribution in [0.15, 0.2) is 12.4 Å². The van der Waals surface area contributed by atoms with Gasteiger partial charge in [0.1, 0.15) is 22.8 Å². The van der Waals surface area contributed by atoms with E-state index in [-0.39, 0.29) is 11.8 Å². The van der Waals surface area contributed by atoms with E-state index in [0.717, 1.165) is 49.9 Å². The molecule has 4 aromatic rings. The van der Waals surface area contributed by atoms with Gasteiger partial charge >= 0.3 is 0 Å². The summed E-state index contributed by atoms with van der Waals surface area (Å²) in [6.07, 6.45) is 14.5. The predicted molar refractivity (Wildman–Crippen MR) is 133 cm³/mol. The van der Waals surface area contributed by atoms with Gasteiger partial charge in [-0.15, -0.1) is 0 Å². The molecule has 0 bridgehead atoms. The van der Waals surface area contributed by atoms with E-state index in [4.69, 9.17) is 9.97 Å². The number of aryl methyl sites for hydroxylation is 4. The second-order valence-corrected chi connectivity index (χ2v) is 9.21. The van der Waals surface area contributed by atoms with Crippen molar-refractivity contribution >= 4 is 11.3 Å². The summed E-state index contributed by atoms with van der Waals surface area (Å²) in [5, 5.41) is 21.4. The minimum Gasteiger partial charge on any atom is -0.493 e. The van der Waals surface area contributed by atoms with Crippen LogP contribution in [-0.4, -0.2) is 39.0 Å². The van der Waals surface area contributed by atoms with Crippen molar-refractivity contribution in [2.24, 2.45) is 0 Å². The number of hydrogen-bond acceptors (Lipinski definition) is 6.